The van der Waals surface area contributed by atoms with Crippen LogP contribution in [0, 0.1) is 0 Å². The Morgan fingerprint density at radius 3 is 0.661 bits per heavy atom. The third-order valence-electron chi connectivity index (χ3n) is 17.1. The lowest BCUT2D eigenvalue weighted by atomic mass is 10.3. The van der Waals surface area contributed by atoms with Gasteiger partial charge in [-0.05, 0) is 30.1 Å². The van der Waals surface area contributed by atoms with Crippen LogP contribution in [0.2, 0.25) is 0 Å². The molecule has 0 radical (unpaired) electrons. The van der Waals surface area contributed by atoms with Crippen molar-refractivity contribution in [2.24, 2.45) is 0 Å². The number of ether oxygens (including phenoxy) is 8. The van der Waals surface area contributed by atoms with Crippen LogP contribution < -0.4 is 58.5 Å². The molecule has 4 aliphatic heterocycles. The number of imide groups is 4. The second kappa shape index (κ2) is 83.2. The van der Waals surface area contributed by atoms with Gasteiger partial charge in [-0.25, -0.2) is 0 Å². The maximum Gasteiger partial charge on any atom is 0.242 e. The summed E-state index contributed by atoms with van der Waals surface area (Å²) >= 11 is 16.8. The minimum atomic E-state index is -0.468. The number of likely N-dealkylation sites (tertiary alicyclic amines) is 4. The number of hydrogen-bond donors (Lipinski definition) is 14. The molecule has 4 atom stereocenters. The second-order valence-corrected chi connectivity index (χ2v) is 33.0. The van der Waals surface area contributed by atoms with Gasteiger partial charge in [0, 0.05) is 263 Å². The number of carbonyl (C=O) groups excluding carboxylic acids is 19. The van der Waals surface area contributed by atoms with E-state index in [1.165, 1.54) is 47.0 Å². The lowest BCUT2D eigenvalue weighted by Crippen LogP contribution is -2.36. The van der Waals surface area contributed by atoms with Crippen molar-refractivity contribution in [3.63, 3.8) is 0 Å². The van der Waals surface area contributed by atoms with Gasteiger partial charge in [0.15, 0.2) is 0 Å². The molecule has 0 saturated carbocycles. The molecule has 4 saturated heterocycles. The molecule has 0 aromatic carbocycles. The van der Waals surface area contributed by atoms with Crippen molar-refractivity contribution < 1.29 is 129 Å². The van der Waals surface area contributed by atoms with Gasteiger partial charge >= 0.3 is 0 Å². The van der Waals surface area contributed by atoms with Crippen LogP contribution in [0.15, 0.2) is 0 Å². The molecule has 4 fully saturated rings. The Labute approximate surface area is 779 Å². The van der Waals surface area contributed by atoms with Crippen LogP contribution in [-0.4, -0.2) is 403 Å². The molecule has 0 aromatic rings. The zero-order chi connectivity index (χ0) is 96.0. The second-order valence-electron chi connectivity index (χ2n) is 26.4. The third kappa shape index (κ3) is 65.1. The third-order valence-corrected chi connectivity index (χ3v) is 22.6. The molecule has 0 aromatic heterocycles. The Morgan fingerprint density at radius 2 is 0.472 bits per heavy atom. The zero-order valence-corrected chi connectivity index (χ0v) is 81.2. The summed E-state index contributed by atoms with van der Waals surface area (Å²) in [4.78, 5) is 224. The first kappa shape index (κ1) is 124. The summed E-state index contributed by atoms with van der Waals surface area (Å²) in [6.07, 6.45) is 4.87. The predicted octanol–water partition coefficient (Wildman–Crippen LogP) is -2.45. The van der Waals surface area contributed by atoms with Gasteiger partial charge in [-0.15, -0.1) is 47.0 Å². The molecule has 11 N–H and O–H groups in total. The molecule has 0 spiro atoms. The highest BCUT2D eigenvalue weighted by molar-refractivity contribution is 8.01. The zero-order valence-electron chi connectivity index (χ0n) is 75.2. The molecule has 4 unspecified atom stereocenters. The molecule has 4 rings (SSSR count). The molecule has 4 heterocycles. The van der Waals surface area contributed by atoms with Crippen molar-refractivity contribution in [2.75, 3.05) is 250 Å². The van der Waals surface area contributed by atoms with E-state index < -0.39 is 21.0 Å². The van der Waals surface area contributed by atoms with E-state index >= 15 is 0 Å². The summed E-state index contributed by atoms with van der Waals surface area (Å²) in [5, 5.41) is 26.4. The number of thioether (sulfide) groups is 4. The minimum Gasteiger partial charge on any atom is -0.382 e. The van der Waals surface area contributed by atoms with Crippen LogP contribution in [0.1, 0.15) is 109 Å². The fourth-order valence-corrected chi connectivity index (χ4v) is 15.0. The summed E-state index contributed by atoms with van der Waals surface area (Å²) in [7, 11) is 17.4. The summed E-state index contributed by atoms with van der Waals surface area (Å²) < 4.78 is 40.4. The van der Waals surface area contributed by atoms with Crippen molar-refractivity contribution in [1.82, 2.24) is 78.1 Å². The van der Waals surface area contributed by atoms with Crippen LogP contribution in [-0.2, 0) is 129 Å². The van der Waals surface area contributed by atoms with Gasteiger partial charge in [-0.3, -0.25) is 111 Å². The molecule has 730 valence electrons. The first-order chi connectivity index (χ1) is 60.9. The SMILES string of the molecule is CNC(=O)CCS.CNC(=O)CCS.CNC(=O)CCS.CNC(=O)CCSC1CC(=O)N(CCC(=O)NCCCOCCOC)C1=O.CNC(=O)CCSC1CC(=O)N(CCC(=O)NCCCOCCOC)C1=O.CNC(=O)CCSC1CC(=O)N(CCC(=O)NCCOCCOC)C1=O.CNC(=O)CCSC1CC(=O)N(CCC(=O)NCCOCCOC)C1=O. The topological polar surface area (TPSA) is 543 Å². The van der Waals surface area contributed by atoms with Gasteiger partial charge in [0.2, 0.25) is 112 Å². The number of amides is 19. The number of carbonyl (C=O) groups is 19. The smallest absolute Gasteiger partial charge is 0.242 e. The average molecular weight is 1940 g/mol. The van der Waals surface area contributed by atoms with Gasteiger partial charge in [-0.2, -0.15) is 37.9 Å². The highest BCUT2D eigenvalue weighted by Gasteiger charge is 2.42. The molecule has 19 amide bonds. The standard InChI is InChI=1S/2C17H29N3O6S.2C16H27N3O6S.3C4H9NOS/c2*1-18-14(21)5-11-27-13-12-16(23)20(17(13)24)7-4-15(22)19-6-3-8-26-10-9-25-2;2*1-17-13(20)4-10-26-12-11-15(22)19(16(12)23)6-3-14(21)18-5-7-25-9-8-24-2;3*1-5-4(6)2-3-7/h2*13H,3-12H2,1-2H3,(H,18,21)(H,19,22);2*12H,3-11H2,1-2H3,(H,17,20)(H,18,21);3*7H,2-3H2,1H3,(H,5,6). The Morgan fingerprint density at radius 1 is 0.276 bits per heavy atom. The molecule has 0 bridgehead atoms. The minimum absolute atomic E-state index is 0.0509. The van der Waals surface area contributed by atoms with E-state index in [-0.39, 0.29) is 190 Å². The number of methoxy groups -OCH3 is 4. The Hall–Kier alpha value is -7.14. The normalized spacial score (nSPS) is 15.4. The predicted molar refractivity (Wildman–Crippen MR) is 493 cm³/mol. The highest BCUT2D eigenvalue weighted by atomic mass is 32.2. The van der Waals surface area contributed by atoms with Crippen LogP contribution in [0.3, 0.4) is 0 Å². The summed E-state index contributed by atoms with van der Waals surface area (Å²) in [5.41, 5.74) is 0. The summed E-state index contributed by atoms with van der Waals surface area (Å²) in [6.45, 7) is 7.83. The van der Waals surface area contributed by atoms with Crippen LogP contribution in [0.5, 0.6) is 0 Å². The van der Waals surface area contributed by atoms with Gasteiger partial charge in [-0.1, -0.05) is 0 Å². The van der Waals surface area contributed by atoms with Crippen molar-refractivity contribution in [1.29, 1.82) is 0 Å². The molecule has 4 aliphatic rings. The van der Waals surface area contributed by atoms with E-state index in [1.807, 2.05) is 0 Å². The van der Waals surface area contributed by atoms with Gasteiger partial charge < -0.3 is 96.4 Å². The summed E-state index contributed by atoms with van der Waals surface area (Å²) in [5.74, 6) is 0.425. The fraction of sp³-hybridized carbons (Fsp3) is 0.756. The summed E-state index contributed by atoms with van der Waals surface area (Å²) in [6, 6.07) is 0. The molecular formula is C78H139N15O27S7. The monoisotopic (exact) mass is 1940 g/mol. The van der Waals surface area contributed by atoms with Gasteiger partial charge in [0.05, 0.1) is 87.1 Å². The molecule has 49 heteroatoms. The molecule has 127 heavy (non-hydrogen) atoms. The van der Waals surface area contributed by atoms with Crippen molar-refractivity contribution in [3.05, 3.63) is 0 Å². The molecule has 42 nitrogen and oxygen atoms in total. The number of nitrogens with one attached hydrogen (secondary N) is 11. The Kier molecular flexibility index (Phi) is 81.2. The van der Waals surface area contributed by atoms with E-state index in [4.69, 9.17) is 37.9 Å². The molecular weight excluding hydrogens is 1800 g/mol. The van der Waals surface area contributed by atoms with Crippen molar-refractivity contribution >= 4 is 197 Å². The Balaban J connectivity index is -0.00000149. The number of thiol groups is 3. The van der Waals surface area contributed by atoms with Gasteiger partial charge in [0.25, 0.3) is 0 Å². The number of hydrogen-bond acceptors (Lipinski definition) is 34. The van der Waals surface area contributed by atoms with E-state index in [9.17, 15) is 91.1 Å². The van der Waals surface area contributed by atoms with E-state index in [0.717, 1.165) is 19.6 Å². The van der Waals surface area contributed by atoms with E-state index in [1.54, 1.807) is 77.8 Å². The number of nitrogens with zero attached hydrogens (tertiary/aromatic N) is 4. The quantitative estimate of drug-likeness (QED) is 0.0171. The van der Waals surface area contributed by atoms with Crippen molar-refractivity contribution in [2.45, 2.75) is 130 Å². The first-order valence-corrected chi connectivity index (χ1v) is 47.4. The lowest BCUT2D eigenvalue weighted by Gasteiger charge is -2.14. The van der Waals surface area contributed by atoms with Crippen molar-refractivity contribution in [3.8, 4) is 0 Å². The molecule has 0 aliphatic carbocycles. The van der Waals surface area contributed by atoms with Gasteiger partial charge in [0.1, 0.15) is 0 Å². The van der Waals surface area contributed by atoms with Crippen LogP contribution >= 0.6 is 84.9 Å². The van der Waals surface area contributed by atoms with Crippen LogP contribution in [0.25, 0.3) is 0 Å². The largest absolute Gasteiger partial charge is 0.382 e. The maximum absolute atomic E-state index is 12.3. The maximum atomic E-state index is 12.3. The van der Waals surface area contributed by atoms with Crippen LogP contribution in [0.4, 0.5) is 0 Å². The lowest BCUT2D eigenvalue weighted by molar-refractivity contribution is -0.140. The number of rotatable bonds is 60. The Bertz CT molecular complexity index is 3040. The fourth-order valence-electron chi connectivity index (χ4n) is 9.94. The average Bonchev–Trinajstić information content (AvgIpc) is 1.71. The first-order valence-electron chi connectivity index (χ1n) is 41.3. The van der Waals surface area contributed by atoms with E-state index in [0.29, 0.717) is 204 Å². The van der Waals surface area contributed by atoms with E-state index in [2.05, 4.69) is 96.4 Å². The highest BCUT2D eigenvalue weighted by Crippen LogP contribution is 2.29.